The SMILES string of the molecule is COC1CCN(c2ccc(C(=O)NCc3cccs3)cc2)C1. The maximum atomic E-state index is 12.1. The van der Waals surface area contributed by atoms with Crippen LogP contribution in [0.5, 0.6) is 0 Å². The molecule has 116 valence electrons. The first-order valence-corrected chi connectivity index (χ1v) is 8.32. The van der Waals surface area contributed by atoms with Gasteiger partial charge in [-0.1, -0.05) is 6.07 Å². The van der Waals surface area contributed by atoms with Crippen molar-refractivity contribution in [3.63, 3.8) is 0 Å². The zero-order valence-electron chi connectivity index (χ0n) is 12.6. The van der Waals surface area contributed by atoms with Gasteiger partial charge in [0.15, 0.2) is 0 Å². The summed E-state index contributed by atoms with van der Waals surface area (Å²) in [6.07, 6.45) is 1.37. The summed E-state index contributed by atoms with van der Waals surface area (Å²) >= 11 is 1.65. The maximum Gasteiger partial charge on any atom is 0.251 e. The molecule has 1 aromatic heterocycles. The van der Waals surface area contributed by atoms with Crippen molar-refractivity contribution in [2.75, 3.05) is 25.1 Å². The lowest BCUT2D eigenvalue weighted by Crippen LogP contribution is -2.23. The first-order chi connectivity index (χ1) is 10.8. The van der Waals surface area contributed by atoms with Crippen LogP contribution in [-0.2, 0) is 11.3 Å². The van der Waals surface area contributed by atoms with Crippen molar-refractivity contribution >= 4 is 22.9 Å². The van der Waals surface area contributed by atoms with Crippen molar-refractivity contribution in [1.82, 2.24) is 5.32 Å². The van der Waals surface area contributed by atoms with Gasteiger partial charge < -0.3 is 15.0 Å². The lowest BCUT2D eigenvalue weighted by Gasteiger charge is -2.18. The Labute approximate surface area is 134 Å². The number of nitrogens with zero attached hydrogens (tertiary/aromatic N) is 1. The number of benzene rings is 1. The highest BCUT2D eigenvalue weighted by molar-refractivity contribution is 7.09. The second-order valence-electron chi connectivity index (χ2n) is 5.40. The van der Waals surface area contributed by atoms with Gasteiger partial charge in [0, 0.05) is 36.3 Å². The van der Waals surface area contributed by atoms with E-state index >= 15 is 0 Å². The zero-order chi connectivity index (χ0) is 15.4. The first-order valence-electron chi connectivity index (χ1n) is 7.44. The zero-order valence-corrected chi connectivity index (χ0v) is 13.4. The first kappa shape index (κ1) is 15.1. The maximum absolute atomic E-state index is 12.1. The minimum atomic E-state index is -0.0314. The fourth-order valence-electron chi connectivity index (χ4n) is 2.66. The summed E-state index contributed by atoms with van der Waals surface area (Å²) in [7, 11) is 1.76. The Kier molecular flexibility index (Phi) is 4.75. The summed E-state index contributed by atoms with van der Waals surface area (Å²) in [6.45, 7) is 2.50. The number of amides is 1. The quantitative estimate of drug-likeness (QED) is 0.922. The van der Waals surface area contributed by atoms with E-state index in [4.69, 9.17) is 4.74 Å². The van der Waals surface area contributed by atoms with Crippen LogP contribution in [0.4, 0.5) is 5.69 Å². The number of rotatable bonds is 5. The monoisotopic (exact) mass is 316 g/mol. The average Bonchev–Trinajstić information content (AvgIpc) is 3.24. The molecule has 1 saturated heterocycles. The number of methoxy groups -OCH3 is 1. The molecule has 1 amide bonds. The summed E-state index contributed by atoms with van der Waals surface area (Å²) in [4.78, 5) is 15.6. The van der Waals surface area contributed by atoms with Crippen LogP contribution >= 0.6 is 11.3 Å². The largest absolute Gasteiger partial charge is 0.380 e. The molecule has 0 bridgehead atoms. The molecular formula is C17H20N2O2S. The van der Waals surface area contributed by atoms with Crippen molar-refractivity contribution in [1.29, 1.82) is 0 Å². The van der Waals surface area contributed by atoms with Gasteiger partial charge in [0.1, 0.15) is 0 Å². The van der Waals surface area contributed by atoms with E-state index in [1.165, 1.54) is 0 Å². The molecule has 22 heavy (non-hydrogen) atoms. The van der Waals surface area contributed by atoms with Crippen molar-refractivity contribution in [2.45, 2.75) is 19.1 Å². The van der Waals surface area contributed by atoms with E-state index in [1.54, 1.807) is 18.4 Å². The molecule has 0 aliphatic carbocycles. The Balaban J connectivity index is 1.58. The van der Waals surface area contributed by atoms with Crippen LogP contribution in [0.25, 0.3) is 0 Å². The Morgan fingerprint density at radius 1 is 1.36 bits per heavy atom. The summed E-state index contributed by atoms with van der Waals surface area (Å²) in [6, 6.07) is 11.8. The summed E-state index contributed by atoms with van der Waals surface area (Å²) in [5.41, 5.74) is 1.84. The number of ether oxygens (including phenoxy) is 1. The van der Waals surface area contributed by atoms with Gasteiger partial charge in [-0.15, -0.1) is 11.3 Å². The third-order valence-electron chi connectivity index (χ3n) is 3.98. The fraction of sp³-hybridized carbons (Fsp3) is 0.353. The molecule has 4 nitrogen and oxygen atoms in total. The number of hydrogen-bond acceptors (Lipinski definition) is 4. The van der Waals surface area contributed by atoms with E-state index in [0.29, 0.717) is 18.2 Å². The molecule has 0 radical (unpaired) electrons. The van der Waals surface area contributed by atoms with E-state index < -0.39 is 0 Å². The van der Waals surface area contributed by atoms with Crippen LogP contribution in [0.3, 0.4) is 0 Å². The van der Waals surface area contributed by atoms with Gasteiger partial charge >= 0.3 is 0 Å². The third kappa shape index (κ3) is 3.48. The van der Waals surface area contributed by atoms with Crippen LogP contribution in [0.1, 0.15) is 21.7 Å². The molecule has 1 unspecified atom stereocenters. The Morgan fingerprint density at radius 2 is 2.18 bits per heavy atom. The highest BCUT2D eigenvalue weighted by Crippen LogP contribution is 2.22. The molecular weight excluding hydrogens is 296 g/mol. The van der Waals surface area contributed by atoms with Crippen LogP contribution in [0.2, 0.25) is 0 Å². The smallest absolute Gasteiger partial charge is 0.251 e. The predicted molar refractivity (Wildman–Crippen MR) is 89.6 cm³/mol. The summed E-state index contributed by atoms with van der Waals surface area (Å²) < 4.78 is 5.39. The second kappa shape index (κ2) is 6.94. The van der Waals surface area contributed by atoms with Crippen molar-refractivity contribution in [2.24, 2.45) is 0 Å². The number of nitrogens with one attached hydrogen (secondary N) is 1. The second-order valence-corrected chi connectivity index (χ2v) is 6.43. The molecule has 1 fully saturated rings. The molecule has 0 saturated carbocycles. The Bertz CT molecular complexity index is 610. The number of hydrogen-bond donors (Lipinski definition) is 1. The number of thiophene rings is 1. The van der Waals surface area contributed by atoms with Crippen molar-refractivity contribution in [3.8, 4) is 0 Å². The molecule has 1 aromatic carbocycles. The van der Waals surface area contributed by atoms with Gasteiger partial charge in [-0.05, 0) is 42.1 Å². The average molecular weight is 316 g/mol. The van der Waals surface area contributed by atoms with E-state index in [2.05, 4.69) is 10.2 Å². The lowest BCUT2D eigenvalue weighted by molar-refractivity contribution is 0.0951. The number of carbonyl (C=O) groups is 1. The Hall–Kier alpha value is -1.85. The van der Waals surface area contributed by atoms with Gasteiger partial charge in [0.05, 0.1) is 12.6 Å². The van der Waals surface area contributed by atoms with Gasteiger partial charge in [0.2, 0.25) is 0 Å². The van der Waals surface area contributed by atoms with E-state index in [1.807, 2.05) is 41.8 Å². The molecule has 5 heteroatoms. The van der Waals surface area contributed by atoms with Crippen LogP contribution in [-0.4, -0.2) is 32.2 Å². The van der Waals surface area contributed by atoms with E-state index in [-0.39, 0.29) is 5.91 Å². The number of carbonyl (C=O) groups excluding carboxylic acids is 1. The normalized spacial score (nSPS) is 17.7. The van der Waals surface area contributed by atoms with Gasteiger partial charge in [0.25, 0.3) is 5.91 Å². The standard InChI is InChI=1S/C17H20N2O2S/c1-21-15-8-9-19(12-15)14-6-4-13(5-7-14)17(20)18-11-16-3-2-10-22-16/h2-7,10,15H,8-9,11-12H2,1H3,(H,18,20). The molecule has 2 aromatic rings. The molecule has 1 atom stereocenters. The highest BCUT2D eigenvalue weighted by Gasteiger charge is 2.22. The lowest BCUT2D eigenvalue weighted by atomic mass is 10.2. The molecule has 0 spiro atoms. The van der Waals surface area contributed by atoms with Crippen LogP contribution < -0.4 is 10.2 Å². The van der Waals surface area contributed by atoms with E-state index in [0.717, 1.165) is 30.1 Å². The topological polar surface area (TPSA) is 41.6 Å². The van der Waals surface area contributed by atoms with E-state index in [9.17, 15) is 4.79 Å². The molecule has 1 N–H and O–H groups in total. The fourth-order valence-corrected chi connectivity index (χ4v) is 3.31. The van der Waals surface area contributed by atoms with Crippen LogP contribution in [0.15, 0.2) is 41.8 Å². The van der Waals surface area contributed by atoms with Crippen molar-refractivity contribution in [3.05, 3.63) is 52.2 Å². The minimum Gasteiger partial charge on any atom is -0.380 e. The molecule has 1 aliphatic heterocycles. The summed E-state index contributed by atoms with van der Waals surface area (Å²) in [5, 5.41) is 4.96. The van der Waals surface area contributed by atoms with Crippen molar-refractivity contribution < 1.29 is 9.53 Å². The summed E-state index contributed by atoms with van der Waals surface area (Å²) in [5.74, 6) is -0.0314. The number of anilines is 1. The minimum absolute atomic E-state index is 0.0314. The Morgan fingerprint density at radius 3 is 2.82 bits per heavy atom. The van der Waals surface area contributed by atoms with Gasteiger partial charge in [-0.25, -0.2) is 0 Å². The molecule has 3 rings (SSSR count). The predicted octanol–water partition coefficient (Wildman–Crippen LogP) is 2.90. The highest BCUT2D eigenvalue weighted by atomic mass is 32.1. The van der Waals surface area contributed by atoms with Gasteiger partial charge in [-0.2, -0.15) is 0 Å². The molecule has 1 aliphatic rings. The van der Waals surface area contributed by atoms with Gasteiger partial charge in [-0.3, -0.25) is 4.79 Å². The molecule has 2 heterocycles. The third-order valence-corrected chi connectivity index (χ3v) is 4.85. The van der Waals surface area contributed by atoms with Crippen LogP contribution in [0, 0.1) is 0 Å².